The monoisotopic (exact) mass is 579 g/mol. The van der Waals surface area contributed by atoms with Crippen LogP contribution < -0.4 is 10.6 Å². The number of nitrogens with zero attached hydrogens (tertiary/aromatic N) is 5. The van der Waals surface area contributed by atoms with E-state index in [1.165, 1.54) is 28.8 Å². The minimum absolute atomic E-state index is 0.139. The molecule has 42 heavy (non-hydrogen) atoms. The number of nitriles is 1. The molecule has 0 bridgehead atoms. The second-order valence-electron chi connectivity index (χ2n) is 9.22. The van der Waals surface area contributed by atoms with E-state index in [2.05, 4.69) is 38.6 Å². The molecule has 1 unspecified atom stereocenters. The number of rotatable bonds is 7. The number of nitrogens with one attached hydrogen (secondary N) is 2. The van der Waals surface area contributed by atoms with Crippen LogP contribution in [0.25, 0.3) is 5.65 Å². The topological polar surface area (TPSA) is 117 Å². The van der Waals surface area contributed by atoms with Crippen LogP contribution in [0.2, 0.25) is 5.02 Å². The lowest BCUT2D eigenvalue weighted by Crippen LogP contribution is -2.32. The first kappa shape index (κ1) is 28.1. The van der Waals surface area contributed by atoms with Crippen LogP contribution in [0.15, 0.2) is 79.1 Å². The molecule has 11 heteroatoms. The fourth-order valence-corrected chi connectivity index (χ4v) is 4.77. The van der Waals surface area contributed by atoms with Gasteiger partial charge in [0.2, 0.25) is 0 Å². The molecule has 5 aromatic rings. The van der Waals surface area contributed by atoms with Crippen molar-refractivity contribution in [2.24, 2.45) is 0 Å². The maximum Gasteiger partial charge on any atom is 0.268 e. The van der Waals surface area contributed by atoms with Crippen LogP contribution in [-0.2, 0) is 6.54 Å². The van der Waals surface area contributed by atoms with E-state index in [0.717, 1.165) is 0 Å². The fourth-order valence-electron chi connectivity index (χ4n) is 4.44. The van der Waals surface area contributed by atoms with Crippen molar-refractivity contribution >= 4 is 29.1 Å². The molecule has 0 saturated carbocycles. The molecule has 0 saturated heterocycles. The van der Waals surface area contributed by atoms with Gasteiger partial charge in [0.15, 0.2) is 5.65 Å². The number of fused-ring (bicyclic) bond motifs is 1. The van der Waals surface area contributed by atoms with Crippen molar-refractivity contribution in [3.05, 3.63) is 124 Å². The predicted octanol–water partition coefficient (Wildman–Crippen LogP) is 4.52. The zero-order valence-corrected chi connectivity index (χ0v) is 23.1. The average molecular weight is 580 g/mol. The van der Waals surface area contributed by atoms with Crippen molar-refractivity contribution in [1.82, 2.24) is 29.8 Å². The van der Waals surface area contributed by atoms with Crippen molar-refractivity contribution in [3.63, 3.8) is 0 Å². The number of halogens is 2. The SMILES string of the molecule is CC(NC(=O)c1ccc(C#N)n1CCNC(=O)c1cccc(C#Cc2cnc3cccnn23)c1)c1c(F)cccc1Cl. The number of benzene rings is 2. The van der Waals surface area contributed by atoms with Crippen molar-refractivity contribution in [3.8, 4) is 17.9 Å². The lowest BCUT2D eigenvalue weighted by molar-refractivity contribution is 0.0930. The third kappa shape index (κ3) is 5.99. The van der Waals surface area contributed by atoms with Crippen molar-refractivity contribution < 1.29 is 14.0 Å². The molecule has 9 nitrogen and oxygen atoms in total. The lowest BCUT2D eigenvalue weighted by Gasteiger charge is -2.18. The Morgan fingerprint density at radius 2 is 1.88 bits per heavy atom. The van der Waals surface area contributed by atoms with Gasteiger partial charge in [0.1, 0.15) is 29.0 Å². The van der Waals surface area contributed by atoms with Crippen molar-refractivity contribution in [1.29, 1.82) is 5.26 Å². The highest BCUT2D eigenvalue weighted by Crippen LogP contribution is 2.26. The van der Waals surface area contributed by atoms with E-state index in [1.807, 2.05) is 6.07 Å². The normalized spacial score (nSPS) is 11.3. The highest BCUT2D eigenvalue weighted by Gasteiger charge is 2.21. The molecule has 1 atom stereocenters. The quantitative estimate of drug-likeness (QED) is 0.275. The Labute approximate surface area is 245 Å². The molecular formula is C31H23ClFN7O2. The first-order valence-electron chi connectivity index (χ1n) is 12.9. The molecule has 2 N–H and O–H groups in total. The van der Waals surface area contributed by atoms with E-state index < -0.39 is 17.8 Å². The summed E-state index contributed by atoms with van der Waals surface area (Å²) in [5, 5.41) is 19.5. The first-order valence-corrected chi connectivity index (χ1v) is 13.3. The largest absolute Gasteiger partial charge is 0.350 e. The lowest BCUT2D eigenvalue weighted by atomic mass is 10.1. The van der Waals surface area contributed by atoms with Gasteiger partial charge in [0.05, 0.1) is 12.2 Å². The molecule has 0 aliphatic heterocycles. The van der Waals surface area contributed by atoms with Crippen LogP contribution in [0, 0.1) is 29.0 Å². The van der Waals surface area contributed by atoms with Gasteiger partial charge in [-0.3, -0.25) is 9.59 Å². The molecule has 0 radical (unpaired) electrons. The minimum atomic E-state index is -0.723. The Morgan fingerprint density at radius 1 is 1.05 bits per heavy atom. The maximum atomic E-state index is 14.3. The summed E-state index contributed by atoms with van der Waals surface area (Å²) in [6.45, 7) is 1.91. The Bertz CT molecular complexity index is 1890. The number of imidazole rings is 1. The molecule has 0 aliphatic carbocycles. The Balaban J connectivity index is 1.24. The summed E-state index contributed by atoms with van der Waals surface area (Å²) in [6, 6.07) is 19.1. The van der Waals surface area contributed by atoms with Crippen LogP contribution in [0.4, 0.5) is 4.39 Å². The van der Waals surface area contributed by atoms with Crippen LogP contribution in [0.3, 0.4) is 0 Å². The summed E-state index contributed by atoms with van der Waals surface area (Å²) in [4.78, 5) is 30.2. The number of aromatic nitrogens is 4. The Morgan fingerprint density at radius 3 is 2.69 bits per heavy atom. The number of hydrogen-bond donors (Lipinski definition) is 2. The van der Waals surface area contributed by atoms with Crippen LogP contribution in [-0.4, -0.2) is 37.5 Å². The summed E-state index contributed by atoms with van der Waals surface area (Å²) in [5.41, 5.74) is 2.94. The van der Waals surface area contributed by atoms with Gasteiger partial charge >= 0.3 is 0 Å². The van der Waals surface area contributed by atoms with Gasteiger partial charge in [0.25, 0.3) is 11.8 Å². The molecule has 2 aromatic carbocycles. The van der Waals surface area contributed by atoms with Gasteiger partial charge in [-0.1, -0.05) is 29.7 Å². The summed E-state index contributed by atoms with van der Waals surface area (Å²) < 4.78 is 17.5. The molecule has 0 fully saturated rings. The van der Waals surface area contributed by atoms with Gasteiger partial charge in [0, 0.05) is 41.0 Å². The molecule has 208 valence electrons. The second kappa shape index (κ2) is 12.4. The van der Waals surface area contributed by atoms with Gasteiger partial charge in [-0.15, -0.1) is 0 Å². The smallest absolute Gasteiger partial charge is 0.268 e. The molecule has 5 rings (SSSR count). The Hall–Kier alpha value is -5.45. The van der Waals surface area contributed by atoms with E-state index in [1.54, 1.807) is 60.2 Å². The summed E-state index contributed by atoms with van der Waals surface area (Å²) in [6.07, 6.45) is 3.28. The van der Waals surface area contributed by atoms with Gasteiger partial charge in [-0.25, -0.2) is 13.9 Å². The van der Waals surface area contributed by atoms with Crippen LogP contribution in [0.5, 0.6) is 0 Å². The van der Waals surface area contributed by atoms with E-state index in [9.17, 15) is 19.2 Å². The zero-order chi connectivity index (χ0) is 29.6. The standard InChI is InChI=1S/C31H23ClFN7O2/c1-20(29-25(32)7-3-8-26(29)33)38-31(42)27-13-12-23(18-34)39(27)16-15-35-30(41)22-6-2-5-21(17-22)10-11-24-19-36-28-9-4-14-37-40(24)28/h2-9,12-14,17,19-20H,15-16H2,1H3,(H,35,41)(H,38,42). The number of carbonyl (C=O) groups excluding carboxylic acids is 2. The van der Waals surface area contributed by atoms with Gasteiger partial charge in [-0.2, -0.15) is 10.4 Å². The molecular weight excluding hydrogens is 557 g/mol. The van der Waals surface area contributed by atoms with Gasteiger partial charge in [-0.05, 0) is 67.4 Å². The third-order valence-electron chi connectivity index (χ3n) is 6.47. The minimum Gasteiger partial charge on any atom is -0.350 e. The molecule has 0 spiro atoms. The van der Waals surface area contributed by atoms with E-state index in [4.69, 9.17) is 11.6 Å². The third-order valence-corrected chi connectivity index (χ3v) is 6.80. The molecule has 3 aromatic heterocycles. The molecule has 2 amide bonds. The summed E-state index contributed by atoms with van der Waals surface area (Å²) >= 11 is 6.14. The van der Waals surface area contributed by atoms with Crippen molar-refractivity contribution in [2.75, 3.05) is 6.54 Å². The summed E-state index contributed by atoms with van der Waals surface area (Å²) in [7, 11) is 0. The number of carbonyl (C=O) groups is 2. The second-order valence-corrected chi connectivity index (χ2v) is 9.63. The van der Waals surface area contributed by atoms with Crippen molar-refractivity contribution in [2.45, 2.75) is 19.5 Å². The number of amides is 2. The highest BCUT2D eigenvalue weighted by molar-refractivity contribution is 6.31. The van der Waals surface area contributed by atoms with E-state index >= 15 is 0 Å². The van der Waals surface area contributed by atoms with E-state index in [0.29, 0.717) is 22.5 Å². The average Bonchev–Trinajstić information content (AvgIpc) is 3.60. The van der Waals surface area contributed by atoms with E-state index in [-0.39, 0.29) is 41.0 Å². The number of hydrogen-bond acceptors (Lipinski definition) is 5. The maximum absolute atomic E-state index is 14.3. The first-order chi connectivity index (χ1) is 20.4. The Kier molecular flexibility index (Phi) is 8.28. The summed E-state index contributed by atoms with van der Waals surface area (Å²) in [5.74, 6) is 4.68. The van der Waals surface area contributed by atoms with Crippen LogP contribution >= 0.6 is 11.6 Å². The molecule has 0 aliphatic rings. The molecule has 3 heterocycles. The predicted molar refractivity (Wildman–Crippen MR) is 154 cm³/mol. The fraction of sp³-hybridized carbons (Fsp3) is 0.129. The zero-order valence-electron chi connectivity index (χ0n) is 22.3. The van der Waals surface area contributed by atoms with Crippen LogP contribution in [0.1, 0.15) is 56.3 Å². The van der Waals surface area contributed by atoms with Gasteiger partial charge < -0.3 is 15.2 Å². The highest BCUT2D eigenvalue weighted by atomic mass is 35.5.